The Hall–Kier alpha value is -2.38. The van der Waals surface area contributed by atoms with Gasteiger partial charge < -0.3 is 10.1 Å². The SMILES string of the molecule is C[C@@H](CCc1ccccc1)NC(=O)COc1ccc(S(=O)(=O)NC2CCCCC2)cc1. The summed E-state index contributed by atoms with van der Waals surface area (Å²) in [5.41, 5.74) is 1.24. The van der Waals surface area contributed by atoms with Crippen molar-refractivity contribution in [3.63, 3.8) is 0 Å². The standard InChI is InChI=1S/C24H32N2O4S/c1-19(12-13-20-8-4-2-5-9-20)25-24(27)18-30-22-14-16-23(17-15-22)31(28,29)26-21-10-6-3-7-11-21/h2,4-5,8-9,14-17,19,21,26H,3,6-7,10-13,18H2,1H3,(H,25,27)/t19-/m0/s1. The van der Waals surface area contributed by atoms with E-state index in [1.807, 2.05) is 25.1 Å². The fourth-order valence-electron chi connectivity index (χ4n) is 3.79. The zero-order chi connectivity index (χ0) is 22.1. The Morgan fingerprint density at radius 3 is 2.39 bits per heavy atom. The van der Waals surface area contributed by atoms with Gasteiger partial charge in [-0.3, -0.25) is 4.79 Å². The first-order valence-corrected chi connectivity index (χ1v) is 12.5. The molecule has 168 valence electrons. The normalized spacial score (nSPS) is 15.9. The average Bonchev–Trinajstić information content (AvgIpc) is 2.78. The van der Waals surface area contributed by atoms with Crippen molar-refractivity contribution < 1.29 is 17.9 Å². The van der Waals surface area contributed by atoms with E-state index >= 15 is 0 Å². The highest BCUT2D eigenvalue weighted by molar-refractivity contribution is 7.89. The zero-order valence-corrected chi connectivity index (χ0v) is 18.9. The third-order valence-corrected chi connectivity index (χ3v) is 7.08. The largest absolute Gasteiger partial charge is 0.484 e. The summed E-state index contributed by atoms with van der Waals surface area (Å²) in [6.45, 7) is 1.86. The molecule has 1 atom stereocenters. The first kappa shape index (κ1) is 23.3. The Morgan fingerprint density at radius 1 is 1.03 bits per heavy atom. The molecule has 2 N–H and O–H groups in total. The van der Waals surface area contributed by atoms with Gasteiger partial charge in [0.1, 0.15) is 5.75 Å². The number of sulfonamides is 1. The van der Waals surface area contributed by atoms with Crippen molar-refractivity contribution in [2.45, 2.75) is 68.8 Å². The van der Waals surface area contributed by atoms with Crippen LogP contribution in [0.1, 0.15) is 51.0 Å². The molecule has 1 aliphatic rings. The predicted molar refractivity (Wildman–Crippen MR) is 121 cm³/mol. The minimum Gasteiger partial charge on any atom is -0.484 e. The lowest BCUT2D eigenvalue weighted by molar-refractivity contribution is -0.123. The molecule has 7 heteroatoms. The zero-order valence-electron chi connectivity index (χ0n) is 18.0. The van der Waals surface area contributed by atoms with E-state index in [2.05, 4.69) is 22.2 Å². The van der Waals surface area contributed by atoms with Gasteiger partial charge in [0.2, 0.25) is 10.0 Å². The van der Waals surface area contributed by atoms with Crippen molar-refractivity contribution in [2.75, 3.05) is 6.61 Å². The van der Waals surface area contributed by atoms with Crippen LogP contribution in [0, 0.1) is 0 Å². The van der Waals surface area contributed by atoms with Crippen LogP contribution in [0.5, 0.6) is 5.75 Å². The number of amides is 1. The molecule has 0 radical (unpaired) electrons. The van der Waals surface area contributed by atoms with Crippen LogP contribution in [0.3, 0.4) is 0 Å². The van der Waals surface area contributed by atoms with E-state index in [0.717, 1.165) is 38.5 Å². The molecule has 2 aromatic carbocycles. The molecule has 6 nitrogen and oxygen atoms in total. The summed E-state index contributed by atoms with van der Waals surface area (Å²) in [6.07, 6.45) is 6.81. The molecular weight excluding hydrogens is 412 g/mol. The maximum atomic E-state index is 12.5. The molecule has 0 aromatic heterocycles. The quantitative estimate of drug-likeness (QED) is 0.584. The lowest BCUT2D eigenvalue weighted by atomic mass is 9.96. The van der Waals surface area contributed by atoms with Crippen LogP contribution in [0.4, 0.5) is 0 Å². The van der Waals surface area contributed by atoms with E-state index in [4.69, 9.17) is 4.74 Å². The van der Waals surface area contributed by atoms with Gasteiger partial charge in [-0.1, -0.05) is 49.6 Å². The monoisotopic (exact) mass is 444 g/mol. The summed E-state index contributed by atoms with van der Waals surface area (Å²) >= 11 is 0. The number of hydrogen-bond acceptors (Lipinski definition) is 4. The smallest absolute Gasteiger partial charge is 0.258 e. The second kappa shape index (κ2) is 11.3. The minimum atomic E-state index is -3.54. The van der Waals surface area contributed by atoms with Gasteiger partial charge in [-0.15, -0.1) is 0 Å². The van der Waals surface area contributed by atoms with Gasteiger partial charge in [0.05, 0.1) is 4.90 Å². The highest BCUT2D eigenvalue weighted by Crippen LogP contribution is 2.21. The molecule has 1 aliphatic carbocycles. The molecule has 0 unspecified atom stereocenters. The van der Waals surface area contributed by atoms with Crippen molar-refractivity contribution in [3.8, 4) is 5.75 Å². The Balaban J connectivity index is 1.42. The molecule has 1 amide bonds. The second-order valence-corrected chi connectivity index (χ2v) is 9.92. The minimum absolute atomic E-state index is 0.0160. The lowest BCUT2D eigenvalue weighted by Crippen LogP contribution is -2.36. The molecule has 0 aliphatic heterocycles. The van der Waals surface area contributed by atoms with Crippen LogP contribution in [0.2, 0.25) is 0 Å². The predicted octanol–water partition coefficient (Wildman–Crippen LogP) is 3.81. The molecule has 31 heavy (non-hydrogen) atoms. The maximum absolute atomic E-state index is 12.5. The second-order valence-electron chi connectivity index (χ2n) is 8.21. The molecule has 3 rings (SSSR count). The van der Waals surface area contributed by atoms with Crippen LogP contribution in [-0.2, 0) is 21.2 Å². The Bertz CT molecular complexity index is 924. The van der Waals surface area contributed by atoms with E-state index in [1.165, 1.54) is 24.1 Å². The van der Waals surface area contributed by atoms with Crippen molar-refractivity contribution in [2.24, 2.45) is 0 Å². The highest BCUT2D eigenvalue weighted by atomic mass is 32.2. The van der Waals surface area contributed by atoms with E-state index in [1.54, 1.807) is 12.1 Å². The van der Waals surface area contributed by atoms with Gasteiger partial charge in [-0.25, -0.2) is 13.1 Å². The van der Waals surface area contributed by atoms with Gasteiger partial charge in [0.25, 0.3) is 5.91 Å². The van der Waals surface area contributed by atoms with Crippen molar-refractivity contribution in [3.05, 3.63) is 60.2 Å². The number of ether oxygens (including phenoxy) is 1. The first-order valence-electron chi connectivity index (χ1n) is 11.0. The van der Waals surface area contributed by atoms with Crippen LogP contribution in [-0.4, -0.2) is 33.0 Å². The summed E-state index contributed by atoms with van der Waals surface area (Å²) < 4.78 is 33.4. The van der Waals surface area contributed by atoms with E-state index in [-0.39, 0.29) is 29.5 Å². The van der Waals surface area contributed by atoms with Crippen LogP contribution < -0.4 is 14.8 Å². The summed E-state index contributed by atoms with van der Waals surface area (Å²) in [4.78, 5) is 12.4. The summed E-state index contributed by atoms with van der Waals surface area (Å²) in [5, 5.41) is 2.93. The third kappa shape index (κ3) is 7.67. The average molecular weight is 445 g/mol. The number of nitrogens with one attached hydrogen (secondary N) is 2. The van der Waals surface area contributed by atoms with E-state index in [9.17, 15) is 13.2 Å². The summed E-state index contributed by atoms with van der Waals surface area (Å²) in [5.74, 6) is 0.264. The Labute approximate surface area is 185 Å². The van der Waals surface area contributed by atoms with E-state index < -0.39 is 10.0 Å². The highest BCUT2D eigenvalue weighted by Gasteiger charge is 2.21. The van der Waals surface area contributed by atoms with Crippen LogP contribution in [0.25, 0.3) is 0 Å². The Kier molecular flexibility index (Phi) is 8.49. The molecule has 0 spiro atoms. The van der Waals surface area contributed by atoms with Gasteiger partial charge in [0, 0.05) is 12.1 Å². The number of carbonyl (C=O) groups excluding carboxylic acids is 1. The number of hydrogen-bond donors (Lipinski definition) is 2. The van der Waals surface area contributed by atoms with Crippen molar-refractivity contribution >= 4 is 15.9 Å². The van der Waals surface area contributed by atoms with Crippen molar-refractivity contribution in [1.29, 1.82) is 0 Å². The molecular formula is C24H32N2O4S. The van der Waals surface area contributed by atoms with Gasteiger partial charge in [-0.2, -0.15) is 0 Å². The summed E-state index contributed by atoms with van der Waals surface area (Å²) in [7, 11) is -3.54. The fraction of sp³-hybridized carbons (Fsp3) is 0.458. The number of rotatable bonds is 10. The van der Waals surface area contributed by atoms with E-state index in [0.29, 0.717) is 5.75 Å². The molecule has 1 fully saturated rings. The molecule has 0 saturated heterocycles. The number of carbonyl (C=O) groups is 1. The molecule has 2 aromatic rings. The third-order valence-electron chi connectivity index (χ3n) is 5.55. The maximum Gasteiger partial charge on any atom is 0.258 e. The topological polar surface area (TPSA) is 84.5 Å². The van der Waals surface area contributed by atoms with Crippen molar-refractivity contribution in [1.82, 2.24) is 10.0 Å². The van der Waals surface area contributed by atoms with Gasteiger partial charge in [0.15, 0.2) is 6.61 Å². The molecule has 0 heterocycles. The van der Waals surface area contributed by atoms with Crippen LogP contribution >= 0.6 is 0 Å². The lowest BCUT2D eigenvalue weighted by Gasteiger charge is -2.22. The number of benzene rings is 2. The van der Waals surface area contributed by atoms with Crippen LogP contribution in [0.15, 0.2) is 59.5 Å². The number of aryl methyl sites for hydroxylation is 1. The first-order chi connectivity index (χ1) is 14.9. The van der Waals surface area contributed by atoms with Gasteiger partial charge >= 0.3 is 0 Å². The Morgan fingerprint density at radius 2 is 1.71 bits per heavy atom. The molecule has 0 bridgehead atoms. The molecule has 1 saturated carbocycles. The summed E-state index contributed by atoms with van der Waals surface area (Å²) in [6, 6.07) is 16.4. The van der Waals surface area contributed by atoms with Gasteiger partial charge in [-0.05, 0) is 62.4 Å². The fourth-order valence-corrected chi connectivity index (χ4v) is 5.09.